The average molecular weight is 367 g/mol. The summed E-state index contributed by atoms with van der Waals surface area (Å²) in [6.45, 7) is 0. The number of allylic oxidation sites excluding steroid dienone is 1. The van der Waals surface area contributed by atoms with E-state index in [-0.39, 0.29) is 5.78 Å². The van der Waals surface area contributed by atoms with Crippen molar-refractivity contribution in [3.63, 3.8) is 0 Å². The predicted molar refractivity (Wildman–Crippen MR) is 89.2 cm³/mol. The van der Waals surface area contributed by atoms with E-state index in [1.165, 1.54) is 6.08 Å². The number of anilines is 1. The van der Waals surface area contributed by atoms with Gasteiger partial charge in [-0.15, -0.1) is 0 Å². The van der Waals surface area contributed by atoms with Crippen LogP contribution in [-0.4, -0.2) is 12.9 Å². The fraction of sp³-hybridized carbons (Fsp3) is 0.0625. The zero-order valence-corrected chi connectivity index (χ0v) is 13.6. The number of halogens is 2. The van der Waals surface area contributed by atoms with E-state index in [1.54, 1.807) is 43.6 Å². The van der Waals surface area contributed by atoms with E-state index in [1.807, 2.05) is 12.1 Å². The Balaban J connectivity index is 2.07. The van der Waals surface area contributed by atoms with E-state index in [2.05, 4.69) is 21.2 Å². The minimum absolute atomic E-state index is 0.0870. The molecule has 0 aliphatic rings. The topological polar surface area (TPSA) is 38.3 Å². The molecular formula is C16H13BrClNO2. The Morgan fingerprint density at radius 1 is 1.24 bits per heavy atom. The maximum Gasteiger partial charge on any atom is 0.187 e. The quantitative estimate of drug-likeness (QED) is 0.603. The Bertz CT molecular complexity index is 668. The van der Waals surface area contributed by atoms with Crippen LogP contribution in [0.25, 0.3) is 0 Å². The van der Waals surface area contributed by atoms with Crippen molar-refractivity contribution in [1.82, 2.24) is 0 Å². The van der Waals surface area contributed by atoms with Crippen LogP contribution in [0.15, 0.2) is 59.2 Å². The number of methoxy groups -OCH3 is 1. The van der Waals surface area contributed by atoms with Crippen LogP contribution in [0.3, 0.4) is 0 Å². The van der Waals surface area contributed by atoms with Crippen molar-refractivity contribution in [2.45, 2.75) is 0 Å². The second-order valence-corrected chi connectivity index (χ2v) is 5.55. The summed E-state index contributed by atoms with van der Waals surface area (Å²) in [6.07, 6.45) is 3.03. The molecule has 108 valence electrons. The van der Waals surface area contributed by atoms with Crippen molar-refractivity contribution in [2.24, 2.45) is 0 Å². The summed E-state index contributed by atoms with van der Waals surface area (Å²) in [5.74, 6) is 0.566. The van der Waals surface area contributed by atoms with Crippen molar-refractivity contribution in [2.75, 3.05) is 12.4 Å². The van der Waals surface area contributed by atoms with E-state index in [0.29, 0.717) is 22.0 Å². The van der Waals surface area contributed by atoms with E-state index < -0.39 is 0 Å². The molecule has 0 amide bonds. The number of rotatable bonds is 5. The highest BCUT2D eigenvalue weighted by atomic mass is 79.9. The second kappa shape index (κ2) is 7.29. The van der Waals surface area contributed by atoms with Gasteiger partial charge in [0, 0.05) is 27.3 Å². The first-order valence-electron chi connectivity index (χ1n) is 6.16. The third kappa shape index (κ3) is 4.34. The zero-order valence-electron chi connectivity index (χ0n) is 11.3. The summed E-state index contributed by atoms with van der Waals surface area (Å²) >= 11 is 9.27. The number of ether oxygens (including phenoxy) is 1. The smallest absolute Gasteiger partial charge is 0.187 e. The minimum Gasteiger partial charge on any atom is -0.495 e. The molecule has 0 bridgehead atoms. The van der Waals surface area contributed by atoms with Gasteiger partial charge in [0.1, 0.15) is 5.75 Å². The number of ketones is 1. The highest BCUT2D eigenvalue weighted by Gasteiger charge is 2.03. The number of nitrogens with one attached hydrogen (secondary N) is 1. The molecule has 0 fully saturated rings. The number of hydrogen-bond acceptors (Lipinski definition) is 3. The molecule has 0 aliphatic carbocycles. The molecule has 21 heavy (non-hydrogen) atoms. The highest BCUT2D eigenvalue weighted by molar-refractivity contribution is 9.10. The molecule has 0 heterocycles. The van der Waals surface area contributed by atoms with Gasteiger partial charge in [0.25, 0.3) is 0 Å². The van der Waals surface area contributed by atoms with Gasteiger partial charge in [0.2, 0.25) is 0 Å². The summed E-state index contributed by atoms with van der Waals surface area (Å²) in [4.78, 5) is 12.0. The van der Waals surface area contributed by atoms with Gasteiger partial charge in [0.05, 0.1) is 12.8 Å². The van der Waals surface area contributed by atoms with Crippen LogP contribution in [0.4, 0.5) is 5.69 Å². The third-order valence-corrected chi connectivity index (χ3v) is 3.53. The van der Waals surface area contributed by atoms with Crippen molar-refractivity contribution in [1.29, 1.82) is 0 Å². The molecule has 5 heteroatoms. The van der Waals surface area contributed by atoms with Crippen LogP contribution in [0.1, 0.15) is 10.4 Å². The molecule has 0 radical (unpaired) electrons. The monoisotopic (exact) mass is 365 g/mol. The molecule has 0 atom stereocenters. The summed E-state index contributed by atoms with van der Waals surface area (Å²) < 4.78 is 6.15. The molecule has 0 aromatic heterocycles. The lowest BCUT2D eigenvalue weighted by Gasteiger charge is -2.08. The summed E-state index contributed by atoms with van der Waals surface area (Å²) in [5.41, 5.74) is 1.32. The lowest BCUT2D eigenvalue weighted by molar-refractivity contribution is 0.104. The van der Waals surface area contributed by atoms with Crippen LogP contribution in [0.5, 0.6) is 5.75 Å². The Morgan fingerprint density at radius 3 is 2.62 bits per heavy atom. The van der Waals surface area contributed by atoms with Crippen LogP contribution in [0.2, 0.25) is 5.02 Å². The van der Waals surface area contributed by atoms with Gasteiger partial charge in [-0.3, -0.25) is 4.79 Å². The van der Waals surface area contributed by atoms with Gasteiger partial charge in [0.15, 0.2) is 5.78 Å². The van der Waals surface area contributed by atoms with Crippen molar-refractivity contribution >= 4 is 39.0 Å². The molecule has 0 saturated carbocycles. The Morgan fingerprint density at radius 2 is 1.95 bits per heavy atom. The van der Waals surface area contributed by atoms with E-state index in [9.17, 15) is 4.79 Å². The fourth-order valence-corrected chi connectivity index (χ4v) is 2.15. The lowest BCUT2D eigenvalue weighted by atomic mass is 10.1. The van der Waals surface area contributed by atoms with E-state index in [0.717, 1.165) is 4.47 Å². The summed E-state index contributed by atoms with van der Waals surface area (Å²) in [5, 5.41) is 3.59. The minimum atomic E-state index is -0.0870. The van der Waals surface area contributed by atoms with E-state index >= 15 is 0 Å². The Hall–Kier alpha value is -1.78. The Kier molecular flexibility index (Phi) is 5.42. The lowest BCUT2D eigenvalue weighted by Crippen LogP contribution is -1.97. The molecule has 2 rings (SSSR count). The molecule has 3 nitrogen and oxygen atoms in total. The zero-order chi connectivity index (χ0) is 15.2. The van der Waals surface area contributed by atoms with Gasteiger partial charge < -0.3 is 10.1 Å². The molecule has 0 unspecified atom stereocenters. The van der Waals surface area contributed by atoms with Crippen LogP contribution in [0, 0.1) is 0 Å². The number of carbonyl (C=O) groups is 1. The maximum atomic E-state index is 12.0. The van der Waals surface area contributed by atoms with Gasteiger partial charge in [-0.1, -0.05) is 27.5 Å². The SMILES string of the molecule is COc1ccc(Cl)cc1N/C=C/C(=O)c1ccc(Br)cc1. The summed E-state index contributed by atoms with van der Waals surface area (Å²) in [7, 11) is 1.57. The first-order valence-corrected chi connectivity index (χ1v) is 7.34. The van der Waals surface area contributed by atoms with Gasteiger partial charge >= 0.3 is 0 Å². The maximum absolute atomic E-state index is 12.0. The fourth-order valence-electron chi connectivity index (χ4n) is 1.71. The van der Waals surface area contributed by atoms with Crippen molar-refractivity contribution < 1.29 is 9.53 Å². The number of carbonyl (C=O) groups excluding carboxylic acids is 1. The largest absolute Gasteiger partial charge is 0.495 e. The first-order chi connectivity index (χ1) is 10.1. The van der Waals surface area contributed by atoms with Crippen LogP contribution in [-0.2, 0) is 0 Å². The van der Waals surface area contributed by atoms with Crippen molar-refractivity contribution in [3.8, 4) is 5.75 Å². The highest BCUT2D eigenvalue weighted by Crippen LogP contribution is 2.27. The molecule has 0 saturated heterocycles. The van der Waals surface area contributed by atoms with Gasteiger partial charge in [-0.25, -0.2) is 0 Å². The molecule has 0 spiro atoms. The van der Waals surface area contributed by atoms with E-state index in [4.69, 9.17) is 16.3 Å². The molecule has 0 aliphatic heterocycles. The Labute approximate surface area is 136 Å². The molecule has 2 aromatic rings. The molecule has 1 N–H and O–H groups in total. The normalized spacial score (nSPS) is 10.6. The number of hydrogen-bond donors (Lipinski definition) is 1. The van der Waals surface area contributed by atoms with Gasteiger partial charge in [-0.05, 0) is 42.5 Å². The standard InChI is InChI=1S/C16H13BrClNO2/c1-21-16-7-6-13(18)10-14(16)19-9-8-15(20)11-2-4-12(17)5-3-11/h2-10,19H,1H3/b9-8+. The summed E-state index contributed by atoms with van der Waals surface area (Å²) in [6, 6.07) is 12.4. The second-order valence-electron chi connectivity index (χ2n) is 4.19. The third-order valence-electron chi connectivity index (χ3n) is 2.76. The molecule has 2 aromatic carbocycles. The van der Waals surface area contributed by atoms with Crippen LogP contribution < -0.4 is 10.1 Å². The average Bonchev–Trinajstić information content (AvgIpc) is 2.48. The predicted octanol–water partition coefficient (Wildman–Crippen LogP) is 4.92. The number of benzene rings is 2. The first kappa shape index (κ1) is 15.6. The van der Waals surface area contributed by atoms with Crippen LogP contribution >= 0.6 is 27.5 Å². The van der Waals surface area contributed by atoms with Crippen molar-refractivity contribution in [3.05, 3.63) is 69.8 Å². The molecular weight excluding hydrogens is 354 g/mol. The van der Waals surface area contributed by atoms with Gasteiger partial charge in [-0.2, -0.15) is 0 Å².